The molecule has 0 saturated carbocycles. The Morgan fingerprint density at radius 2 is 1.66 bits per heavy atom. The summed E-state index contributed by atoms with van der Waals surface area (Å²) in [7, 11) is 0. The lowest BCUT2D eigenvalue weighted by atomic mass is 9.95. The number of aliphatic hydroxyl groups excluding tert-OH is 1. The van der Waals surface area contributed by atoms with Gasteiger partial charge in [0.2, 0.25) is 6.79 Å². The number of amides is 1. The van der Waals surface area contributed by atoms with E-state index in [4.69, 9.17) is 18.9 Å². The van der Waals surface area contributed by atoms with E-state index >= 15 is 0 Å². The molecule has 1 atom stereocenters. The van der Waals surface area contributed by atoms with E-state index in [2.05, 4.69) is 0 Å². The molecule has 1 N–H and O–H groups in total. The molecule has 2 aliphatic rings. The monoisotopic (exact) mass is 515 g/mol. The molecule has 1 fully saturated rings. The largest absolute Gasteiger partial charge is 0.507 e. The zero-order valence-electron chi connectivity index (χ0n) is 21.5. The molecule has 196 valence electrons. The third-order valence-electron chi connectivity index (χ3n) is 6.25. The first-order chi connectivity index (χ1) is 18.4. The number of fused-ring (bicyclic) bond motifs is 1. The second-order valence-corrected chi connectivity index (χ2v) is 9.32. The lowest BCUT2D eigenvalue weighted by Gasteiger charge is -2.26. The van der Waals surface area contributed by atoms with Crippen molar-refractivity contribution in [2.75, 3.05) is 18.3 Å². The number of anilines is 1. The molecule has 0 radical (unpaired) electrons. The first kappa shape index (κ1) is 25.2. The average Bonchev–Trinajstić information content (AvgIpc) is 3.49. The Morgan fingerprint density at radius 3 is 2.34 bits per heavy atom. The quantitative estimate of drug-likeness (QED) is 0.236. The lowest BCUT2D eigenvalue weighted by molar-refractivity contribution is -0.132. The van der Waals surface area contributed by atoms with Gasteiger partial charge in [-0.2, -0.15) is 0 Å². The SMILES string of the molecule is CCCOc1ccc(/C(O)=C2\C(=O)C(=O)N(c3ccc4c(c3)OCO4)C2c2ccc(OC(C)C)cc2)cc1. The lowest BCUT2D eigenvalue weighted by Crippen LogP contribution is -2.29. The van der Waals surface area contributed by atoms with Gasteiger partial charge in [0.1, 0.15) is 17.3 Å². The molecule has 38 heavy (non-hydrogen) atoms. The summed E-state index contributed by atoms with van der Waals surface area (Å²) in [4.78, 5) is 28.2. The molecular formula is C30H29NO7. The van der Waals surface area contributed by atoms with Crippen LogP contribution >= 0.6 is 0 Å². The number of carbonyl (C=O) groups excluding carboxylic acids is 2. The van der Waals surface area contributed by atoms with Gasteiger partial charge in [-0.15, -0.1) is 0 Å². The summed E-state index contributed by atoms with van der Waals surface area (Å²) in [5.41, 5.74) is 1.49. The second-order valence-electron chi connectivity index (χ2n) is 9.32. The number of Topliss-reactive ketones (excluding diaryl/α,β-unsaturated/α-hetero) is 1. The molecule has 8 heteroatoms. The molecule has 0 aromatic heterocycles. The minimum Gasteiger partial charge on any atom is -0.507 e. The topological polar surface area (TPSA) is 94.5 Å². The standard InChI is InChI=1S/C30H29NO7/c1-4-15-35-22-10-7-20(8-11-22)28(32)26-27(19-5-12-23(13-6-19)38-18(2)3)31(30(34)29(26)33)21-9-14-24-25(16-21)37-17-36-24/h5-14,16,18,27,32H,4,15,17H2,1-3H3/b28-26+. The van der Waals surface area contributed by atoms with Gasteiger partial charge in [-0.3, -0.25) is 14.5 Å². The van der Waals surface area contributed by atoms with Crippen molar-refractivity contribution in [1.82, 2.24) is 0 Å². The molecule has 2 heterocycles. The highest BCUT2D eigenvalue weighted by Gasteiger charge is 2.47. The summed E-state index contributed by atoms with van der Waals surface area (Å²) in [5.74, 6) is 0.558. The molecule has 0 aliphatic carbocycles. The molecule has 1 amide bonds. The summed E-state index contributed by atoms with van der Waals surface area (Å²) in [6.07, 6.45) is 0.857. The maximum absolute atomic E-state index is 13.4. The number of rotatable bonds is 8. The van der Waals surface area contributed by atoms with Crippen molar-refractivity contribution in [3.05, 3.63) is 83.4 Å². The molecule has 3 aromatic carbocycles. The van der Waals surface area contributed by atoms with Crippen LogP contribution in [0.3, 0.4) is 0 Å². The van der Waals surface area contributed by atoms with Gasteiger partial charge in [-0.1, -0.05) is 19.1 Å². The van der Waals surface area contributed by atoms with Gasteiger partial charge in [-0.25, -0.2) is 0 Å². The summed E-state index contributed by atoms with van der Waals surface area (Å²) in [5, 5.41) is 11.4. The van der Waals surface area contributed by atoms with Crippen LogP contribution in [0.15, 0.2) is 72.3 Å². The minimum atomic E-state index is -0.875. The summed E-state index contributed by atoms with van der Waals surface area (Å²) < 4.78 is 22.3. The van der Waals surface area contributed by atoms with Crippen LogP contribution in [-0.4, -0.2) is 36.3 Å². The predicted octanol–water partition coefficient (Wildman–Crippen LogP) is 5.62. The van der Waals surface area contributed by atoms with Crippen LogP contribution in [0, 0.1) is 0 Å². The van der Waals surface area contributed by atoms with E-state index in [0.717, 1.165) is 6.42 Å². The maximum atomic E-state index is 13.4. The highest BCUT2D eigenvalue weighted by atomic mass is 16.7. The van der Waals surface area contributed by atoms with Gasteiger partial charge >= 0.3 is 0 Å². The van der Waals surface area contributed by atoms with Crippen molar-refractivity contribution in [2.45, 2.75) is 39.3 Å². The number of hydrogen-bond acceptors (Lipinski definition) is 7. The van der Waals surface area contributed by atoms with Crippen LogP contribution < -0.4 is 23.8 Å². The van der Waals surface area contributed by atoms with Gasteiger partial charge in [0.05, 0.1) is 24.3 Å². The number of ketones is 1. The highest BCUT2D eigenvalue weighted by Crippen LogP contribution is 2.45. The van der Waals surface area contributed by atoms with E-state index in [1.165, 1.54) is 4.90 Å². The minimum absolute atomic E-state index is 0.00702. The van der Waals surface area contributed by atoms with E-state index in [-0.39, 0.29) is 24.2 Å². The van der Waals surface area contributed by atoms with Crippen molar-refractivity contribution in [3.63, 3.8) is 0 Å². The Hall–Kier alpha value is -4.46. The number of hydrogen-bond donors (Lipinski definition) is 1. The number of benzene rings is 3. The van der Waals surface area contributed by atoms with E-state index in [0.29, 0.717) is 46.4 Å². The van der Waals surface area contributed by atoms with Crippen LogP contribution in [-0.2, 0) is 9.59 Å². The Bertz CT molecular complexity index is 1380. The normalized spacial score (nSPS) is 17.8. The zero-order valence-corrected chi connectivity index (χ0v) is 21.5. The summed E-state index contributed by atoms with van der Waals surface area (Å²) in [6, 6.07) is 18.1. The number of ether oxygens (including phenoxy) is 4. The molecule has 1 saturated heterocycles. The number of aliphatic hydroxyl groups is 1. The van der Waals surface area contributed by atoms with Gasteiger partial charge in [0.15, 0.2) is 11.5 Å². The van der Waals surface area contributed by atoms with Gasteiger partial charge in [0.25, 0.3) is 11.7 Å². The second kappa shape index (κ2) is 10.5. The number of carbonyl (C=O) groups is 2. The van der Waals surface area contributed by atoms with Crippen LogP contribution in [0.2, 0.25) is 0 Å². The fourth-order valence-corrected chi connectivity index (χ4v) is 4.53. The van der Waals surface area contributed by atoms with Crippen LogP contribution in [0.5, 0.6) is 23.0 Å². The maximum Gasteiger partial charge on any atom is 0.300 e. The van der Waals surface area contributed by atoms with E-state index < -0.39 is 17.7 Å². The molecule has 8 nitrogen and oxygen atoms in total. The molecule has 1 unspecified atom stereocenters. The molecule has 0 bridgehead atoms. The van der Waals surface area contributed by atoms with E-state index in [9.17, 15) is 14.7 Å². The van der Waals surface area contributed by atoms with Gasteiger partial charge in [-0.05, 0) is 74.4 Å². The third-order valence-corrected chi connectivity index (χ3v) is 6.25. The van der Waals surface area contributed by atoms with Gasteiger partial charge in [0, 0.05) is 17.3 Å². The van der Waals surface area contributed by atoms with Crippen molar-refractivity contribution >= 4 is 23.1 Å². The average molecular weight is 516 g/mol. The Morgan fingerprint density at radius 1 is 0.974 bits per heavy atom. The molecule has 5 rings (SSSR count). The van der Waals surface area contributed by atoms with Crippen LogP contribution in [0.4, 0.5) is 5.69 Å². The Labute approximate surface area is 221 Å². The fraction of sp³-hybridized carbons (Fsp3) is 0.267. The first-order valence-electron chi connectivity index (χ1n) is 12.6. The molecule has 0 spiro atoms. The van der Waals surface area contributed by atoms with Crippen molar-refractivity contribution in [2.24, 2.45) is 0 Å². The molecule has 2 aliphatic heterocycles. The smallest absolute Gasteiger partial charge is 0.300 e. The van der Waals surface area contributed by atoms with Gasteiger partial charge < -0.3 is 24.1 Å². The van der Waals surface area contributed by atoms with Crippen molar-refractivity contribution in [1.29, 1.82) is 0 Å². The predicted molar refractivity (Wildman–Crippen MR) is 142 cm³/mol. The van der Waals surface area contributed by atoms with Crippen LogP contribution in [0.1, 0.15) is 44.4 Å². The van der Waals surface area contributed by atoms with Crippen molar-refractivity contribution < 1.29 is 33.6 Å². The first-order valence-corrected chi connectivity index (χ1v) is 12.6. The number of nitrogens with zero attached hydrogens (tertiary/aromatic N) is 1. The van der Waals surface area contributed by atoms with Crippen molar-refractivity contribution in [3.8, 4) is 23.0 Å². The summed E-state index contributed by atoms with van der Waals surface area (Å²) >= 11 is 0. The summed E-state index contributed by atoms with van der Waals surface area (Å²) in [6.45, 7) is 6.53. The molecule has 3 aromatic rings. The zero-order chi connectivity index (χ0) is 26.8. The van der Waals surface area contributed by atoms with E-state index in [1.54, 1.807) is 66.7 Å². The van der Waals surface area contributed by atoms with E-state index in [1.807, 2.05) is 20.8 Å². The molecular weight excluding hydrogens is 486 g/mol. The van der Waals surface area contributed by atoms with Crippen LogP contribution in [0.25, 0.3) is 5.76 Å². The fourth-order valence-electron chi connectivity index (χ4n) is 4.53. The Balaban J connectivity index is 1.60. The Kier molecular flexibility index (Phi) is 6.96. The third kappa shape index (κ3) is 4.77. The highest BCUT2D eigenvalue weighted by molar-refractivity contribution is 6.51.